The average molecular weight is 671 g/mol. The van der Waals surface area contributed by atoms with Crippen LogP contribution >= 0.6 is 0 Å². The zero-order valence-electron chi connectivity index (χ0n) is 30.0. The summed E-state index contributed by atoms with van der Waals surface area (Å²) in [5.74, 6) is -6.03. The van der Waals surface area contributed by atoms with Crippen molar-refractivity contribution in [3.8, 4) is 0 Å². The molecular formula is C34H55FN2O10. The number of alkyl halides is 1. The van der Waals surface area contributed by atoms with Gasteiger partial charge in [-0.2, -0.15) is 0 Å². The van der Waals surface area contributed by atoms with Crippen molar-refractivity contribution in [1.29, 1.82) is 0 Å². The molecule has 0 bridgehead atoms. The second-order valence-electron chi connectivity index (χ2n) is 15.4. The van der Waals surface area contributed by atoms with Gasteiger partial charge in [-0.3, -0.25) is 19.3 Å². The third kappa shape index (κ3) is 6.18. The summed E-state index contributed by atoms with van der Waals surface area (Å²) in [5.41, 5.74) is -7.15. The molecule has 0 amide bonds. The van der Waals surface area contributed by atoms with Crippen LogP contribution in [0.4, 0.5) is 4.39 Å². The van der Waals surface area contributed by atoms with E-state index in [9.17, 15) is 24.3 Å². The minimum atomic E-state index is -3.13. The number of carbonyl (C=O) groups excluding carboxylic acids is 4. The molecule has 47 heavy (non-hydrogen) atoms. The van der Waals surface area contributed by atoms with Gasteiger partial charge in [-0.15, -0.1) is 0 Å². The summed E-state index contributed by atoms with van der Waals surface area (Å²) in [6, 6.07) is -1.13. The number of hydrogen-bond acceptors (Lipinski definition) is 12. The Hall–Kier alpha value is -2.03. The van der Waals surface area contributed by atoms with E-state index in [0.717, 1.165) is 6.92 Å². The molecule has 0 aromatic heterocycles. The second kappa shape index (κ2) is 13.0. The number of nitrogens with zero attached hydrogens (tertiary/aromatic N) is 2. The van der Waals surface area contributed by atoms with Gasteiger partial charge in [0.05, 0.1) is 17.8 Å². The van der Waals surface area contributed by atoms with Crippen LogP contribution in [0.5, 0.6) is 0 Å². The molecule has 4 aliphatic heterocycles. The summed E-state index contributed by atoms with van der Waals surface area (Å²) in [7, 11) is 6.81. The molecule has 0 spiro atoms. The fourth-order valence-electron chi connectivity index (χ4n) is 9.10. The number of carbonyl (C=O) groups is 4. The number of halogens is 1. The Kier molecular flexibility index (Phi) is 10.5. The number of methoxy groups -OCH3 is 1. The first kappa shape index (κ1) is 37.8. The summed E-state index contributed by atoms with van der Waals surface area (Å²) < 4.78 is 46.8. The number of esters is 2. The van der Waals surface area contributed by atoms with Gasteiger partial charge in [-0.1, -0.05) is 27.7 Å². The number of likely N-dealkylation sites (tertiary alicyclic amines) is 1. The number of likely N-dealkylation sites (N-methyl/N-ethyl adjacent to an activating group) is 2. The van der Waals surface area contributed by atoms with E-state index < -0.39 is 88.4 Å². The number of ether oxygens (including phenoxy) is 5. The molecule has 0 aromatic rings. The number of aliphatic hydroxyl groups excluding tert-OH is 1. The van der Waals surface area contributed by atoms with Crippen LogP contribution in [-0.4, -0.2) is 133 Å². The maximum absolute atomic E-state index is 16.6. The molecule has 0 saturated carbocycles. The Morgan fingerprint density at radius 1 is 1.06 bits per heavy atom. The van der Waals surface area contributed by atoms with Crippen molar-refractivity contribution in [3.63, 3.8) is 0 Å². The van der Waals surface area contributed by atoms with Gasteiger partial charge in [0.1, 0.15) is 24.0 Å². The smallest absolute Gasteiger partial charge is 0.351 e. The van der Waals surface area contributed by atoms with E-state index in [2.05, 4.69) is 0 Å². The first-order chi connectivity index (χ1) is 21.6. The van der Waals surface area contributed by atoms with Crippen molar-refractivity contribution < 1.29 is 52.4 Å². The highest BCUT2D eigenvalue weighted by Gasteiger charge is 2.71. The standard InChI is InChI=1S/C34H55FN2O10/c1-13-21-34(8)24-22(28(41)47-34)37(11)16-31(24,5)25(39)17(2)15-32(6,43-12)27(19(4)26(40)33(7,35)30(42)45-21)46-29-23(38)20(36(9)10)14-18(3)44-29/h17-24,27,29,38H,13-16H2,1-12H3/t17-,18-,19+,20+,21-,22?,23-,24?,27-,29+,31?,32+,33+,34-/m1/s1. The zero-order chi connectivity index (χ0) is 35.6. The fourth-order valence-corrected chi connectivity index (χ4v) is 9.10. The van der Waals surface area contributed by atoms with Gasteiger partial charge < -0.3 is 33.7 Å². The maximum atomic E-state index is 16.6. The number of cyclic esters (lactones) is 1. The van der Waals surface area contributed by atoms with E-state index >= 15 is 4.39 Å². The molecule has 3 unspecified atom stereocenters. The van der Waals surface area contributed by atoms with E-state index in [1.165, 1.54) is 14.0 Å². The molecule has 14 atom stereocenters. The molecule has 4 saturated heterocycles. The minimum Gasteiger partial charge on any atom is -0.455 e. The predicted octanol–water partition coefficient (Wildman–Crippen LogP) is 2.32. The Morgan fingerprint density at radius 3 is 2.23 bits per heavy atom. The third-order valence-electron chi connectivity index (χ3n) is 11.6. The Bertz CT molecular complexity index is 1250. The van der Waals surface area contributed by atoms with Crippen molar-refractivity contribution in [2.24, 2.45) is 23.2 Å². The molecule has 268 valence electrons. The van der Waals surface area contributed by atoms with Crippen LogP contribution in [0.3, 0.4) is 0 Å². The number of hydrogen-bond donors (Lipinski definition) is 1. The van der Waals surface area contributed by atoms with E-state index in [0.29, 0.717) is 6.42 Å². The van der Waals surface area contributed by atoms with Crippen molar-refractivity contribution in [1.82, 2.24) is 9.80 Å². The van der Waals surface area contributed by atoms with Crippen LogP contribution in [0.15, 0.2) is 0 Å². The Morgan fingerprint density at radius 2 is 1.68 bits per heavy atom. The number of rotatable bonds is 5. The van der Waals surface area contributed by atoms with Gasteiger partial charge in [0.2, 0.25) is 0 Å². The first-order valence-corrected chi connectivity index (χ1v) is 16.7. The van der Waals surface area contributed by atoms with Crippen LogP contribution in [0, 0.1) is 23.2 Å². The molecule has 1 N–H and O–H groups in total. The normalized spacial score (nSPS) is 48.7. The summed E-state index contributed by atoms with van der Waals surface area (Å²) in [5, 5.41) is 11.3. The lowest BCUT2D eigenvalue weighted by Gasteiger charge is -2.48. The molecule has 12 nitrogen and oxygen atoms in total. The molecule has 13 heteroatoms. The number of aliphatic hydroxyl groups is 1. The molecular weight excluding hydrogens is 615 g/mol. The number of ketones is 2. The van der Waals surface area contributed by atoms with Crippen molar-refractivity contribution in [2.75, 3.05) is 34.8 Å². The quantitative estimate of drug-likeness (QED) is 0.339. The molecule has 4 aliphatic rings. The Labute approximate surface area is 277 Å². The van der Waals surface area contributed by atoms with Gasteiger partial charge in [-0.25, -0.2) is 9.18 Å². The van der Waals surface area contributed by atoms with Crippen LogP contribution in [0.25, 0.3) is 0 Å². The highest BCUT2D eigenvalue weighted by atomic mass is 19.1. The molecule has 4 heterocycles. The lowest BCUT2D eigenvalue weighted by atomic mass is 9.62. The second-order valence-corrected chi connectivity index (χ2v) is 15.4. The zero-order valence-corrected chi connectivity index (χ0v) is 30.0. The molecule has 0 aromatic carbocycles. The monoisotopic (exact) mass is 670 g/mol. The summed E-state index contributed by atoms with van der Waals surface area (Å²) in [6.45, 7) is 12.9. The van der Waals surface area contributed by atoms with Crippen molar-refractivity contribution in [2.45, 2.75) is 134 Å². The molecule has 4 fully saturated rings. The van der Waals surface area contributed by atoms with Crippen LogP contribution in [0.1, 0.15) is 74.7 Å². The molecule has 0 radical (unpaired) electrons. The van der Waals surface area contributed by atoms with E-state index in [1.807, 2.05) is 25.9 Å². The van der Waals surface area contributed by atoms with Gasteiger partial charge in [0.25, 0.3) is 5.67 Å². The van der Waals surface area contributed by atoms with Gasteiger partial charge in [0.15, 0.2) is 17.7 Å². The highest BCUT2D eigenvalue weighted by Crippen LogP contribution is 2.55. The summed E-state index contributed by atoms with van der Waals surface area (Å²) >= 11 is 0. The third-order valence-corrected chi connectivity index (χ3v) is 11.6. The van der Waals surface area contributed by atoms with E-state index in [1.54, 1.807) is 46.6 Å². The molecule has 0 aliphatic carbocycles. The SMILES string of the molecule is CC[C@H]1OC(=O)[C@@](C)(F)C(=O)[C@H](C)[C@@H](O[C@@H]2O[C@H](C)C[C@H](N(C)C)[C@H]2O)[C@@](C)(OC)C[C@@H](C)C(=O)C2(C)CN(C)C3C(=O)O[C@@]1(C)C32. The van der Waals surface area contributed by atoms with Gasteiger partial charge >= 0.3 is 11.9 Å². The van der Waals surface area contributed by atoms with Crippen molar-refractivity contribution >= 4 is 23.5 Å². The summed E-state index contributed by atoms with van der Waals surface area (Å²) in [4.78, 5) is 59.3. The largest absolute Gasteiger partial charge is 0.455 e. The first-order valence-electron chi connectivity index (χ1n) is 16.7. The lowest BCUT2D eigenvalue weighted by Crippen LogP contribution is -2.61. The van der Waals surface area contributed by atoms with E-state index in [-0.39, 0.29) is 37.3 Å². The number of Topliss-reactive ketones (excluding diaryl/α,β-unsaturated/α-hetero) is 2. The van der Waals surface area contributed by atoms with E-state index in [4.69, 9.17) is 23.7 Å². The Balaban J connectivity index is 1.86. The fraction of sp³-hybridized carbons (Fsp3) is 0.882. The summed E-state index contributed by atoms with van der Waals surface area (Å²) in [6.07, 6.45) is -4.40. The predicted molar refractivity (Wildman–Crippen MR) is 168 cm³/mol. The van der Waals surface area contributed by atoms with Crippen molar-refractivity contribution in [3.05, 3.63) is 0 Å². The highest BCUT2D eigenvalue weighted by molar-refractivity contribution is 6.08. The molecule has 4 rings (SSSR count). The topological polar surface area (TPSA) is 141 Å². The average Bonchev–Trinajstić information content (AvgIpc) is 3.45. The van der Waals surface area contributed by atoms with Crippen LogP contribution < -0.4 is 0 Å². The minimum absolute atomic E-state index is 0.0347. The van der Waals surface area contributed by atoms with Crippen LogP contribution in [0.2, 0.25) is 0 Å². The van der Waals surface area contributed by atoms with Gasteiger partial charge in [0, 0.05) is 42.9 Å². The van der Waals surface area contributed by atoms with Crippen LogP contribution in [-0.2, 0) is 42.9 Å². The maximum Gasteiger partial charge on any atom is 0.351 e. The van der Waals surface area contributed by atoms with Gasteiger partial charge in [-0.05, 0) is 68.1 Å². The lowest BCUT2D eigenvalue weighted by molar-refractivity contribution is -0.295.